The highest BCUT2D eigenvalue weighted by molar-refractivity contribution is 7.98. The van der Waals surface area contributed by atoms with Gasteiger partial charge in [-0.15, -0.1) is 0 Å². The SMILES string of the molecule is CCOCNC(CCSC)C(=O)N1CC(C)CC(C)C1. The Hall–Kier alpha value is -0.260. The fourth-order valence-electron chi connectivity index (χ4n) is 2.87. The van der Waals surface area contributed by atoms with Gasteiger partial charge in [-0.3, -0.25) is 10.1 Å². The van der Waals surface area contributed by atoms with Gasteiger partial charge in [-0.05, 0) is 43.6 Å². The Balaban J connectivity index is 2.55. The molecule has 1 fully saturated rings. The second kappa shape index (κ2) is 9.64. The molecule has 1 rings (SSSR count). The van der Waals surface area contributed by atoms with Crippen molar-refractivity contribution in [3.05, 3.63) is 0 Å². The van der Waals surface area contributed by atoms with Gasteiger partial charge in [-0.1, -0.05) is 13.8 Å². The number of piperidine rings is 1. The first-order chi connectivity index (χ1) is 9.58. The maximum Gasteiger partial charge on any atom is 0.239 e. The number of carbonyl (C=O) groups is 1. The van der Waals surface area contributed by atoms with Crippen molar-refractivity contribution in [2.24, 2.45) is 11.8 Å². The van der Waals surface area contributed by atoms with Crippen LogP contribution in [0, 0.1) is 11.8 Å². The second-order valence-corrected chi connectivity index (χ2v) is 6.85. The summed E-state index contributed by atoms with van der Waals surface area (Å²) in [5.74, 6) is 2.46. The predicted molar refractivity (Wildman–Crippen MR) is 85.9 cm³/mol. The lowest BCUT2D eigenvalue weighted by molar-refractivity contribution is -0.136. The molecule has 0 bridgehead atoms. The minimum atomic E-state index is -0.105. The lowest BCUT2D eigenvalue weighted by atomic mass is 9.91. The molecule has 20 heavy (non-hydrogen) atoms. The van der Waals surface area contributed by atoms with Crippen molar-refractivity contribution in [1.29, 1.82) is 0 Å². The van der Waals surface area contributed by atoms with Crippen LogP contribution in [0.2, 0.25) is 0 Å². The largest absolute Gasteiger partial charge is 0.367 e. The van der Waals surface area contributed by atoms with Crippen LogP contribution in [0.15, 0.2) is 0 Å². The number of thioether (sulfide) groups is 1. The third-order valence-corrected chi connectivity index (χ3v) is 4.37. The predicted octanol–water partition coefficient (Wildman–Crippen LogP) is 2.20. The molecule has 0 saturated carbocycles. The Morgan fingerprint density at radius 3 is 2.60 bits per heavy atom. The maximum atomic E-state index is 12.7. The summed E-state index contributed by atoms with van der Waals surface area (Å²) in [5.41, 5.74) is 0. The number of likely N-dealkylation sites (tertiary alicyclic amines) is 1. The molecule has 1 amide bonds. The average molecular weight is 302 g/mol. The van der Waals surface area contributed by atoms with Crippen LogP contribution in [0.5, 0.6) is 0 Å². The number of rotatable bonds is 8. The number of hydrogen-bond acceptors (Lipinski definition) is 4. The van der Waals surface area contributed by atoms with Crippen LogP contribution in [0.3, 0.4) is 0 Å². The molecule has 0 aromatic rings. The highest BCUT2D eigenvalue weighted by Gasteiger charge is 2.29. The Bertz CT molecular complexity index is 279. The monoisotopic (exact) mass is 302 g/mol. The molecule has 1 heterocycles. The smallest absolute Gasteiger partial charge is 0.239 e. The molecule has 1 N–H and O–H groups in total. The van der Waals surface area contributed by atoms with Crippen LogP contribution in [-0.4, -0.2) is 55.3 Å². The van der Waals surface area contributed by atoms with Gasteiger partial charge < -0.3 is 9.64 Å². The van der Waals surface area contributed by atoms with Crippen LogP contribution in [0.25, 0.3) is 0 Å². The van der Waals surface area contributed by atoms with E-state index in [2.05, 4.69) is 25.4 Å². The van der Waals surface area contributed by atoms with E-state index in [9.17, 15) is 4.79 Å². The van der Waals surface area contributed by atoms with E-state index in [4.69, 9.17) is 4.74 Å². The lowest BCUT2D eigenvalue weighted by Crippen LogP contribution is -2.51. The molecule has 118 valence electrons. The van der Waals surface area contributed by atoms with Crippen LogP contribution in [0.4, 0.5) is 0 Å². The quantitative estimate of drug-likeness (QED) is 0.551. The molecule has 5 heteroatoms. The van der Waals surface area contributed by atoms with Gasteiger partial charge in [0.15, 0.2) is 0 Å². The number of ether oxygens (including phenoxy) is 1. The number of amides is 1. The van der Waals surface area contributed by atoms with Crippen LogP contribution < -0.4 is 5.32 Å². The first kappa shape index (κ1) is 17.8. The average Bonchev–Trinajstić information content (AvgIpc) is 2.41. The minimum absolute atomic E-state index is 0.105. The fraction of sp³-hybridized carbons (Fsp3) is 0.933. The van der Waals surface area contributed by atoms with Gasteiger partial charge in [-0.25, -0.2) is 0 Å². The van der Waals surface area contributed by atoms with E-state index in [1.807, 2.05) is 11.8 Å². The zero-order valence-electron chi connectivity index (χ0n) is 13.4. The summed E-state index contributed by atoms with van der Waals surface area (Å²) >= 11 is 1.78. The summed E-state index contributed by atoms with van der Waals surface area (Å²) in [7, 11) is 0. The van der Waals surface area contributed by atoms with Gasteiger partial charge in [0, 0.05) is 19.7 Å². The van der Waals surface area contributed by atoms with E-state index < -0.39 is 0 Å². The molecule has 3 unspecified atom stereocenters. The van der Waals surface area contributed by atoms with Gasteiger partial charge >= 0.3 is 0 Å². The first-order valence-corrected chi connectivity index (χ1v) is 9.06. The van der Waals surface area contributed by atoms with E-state index in [1.165, 1.54) is 6.42 Å². The molecule has 3 atom stereocenters. The van der Waals surface area contributed by atoms with Gasteiger partial charge in [0.2, 0.25) is 5.91 Å². The standard InChI is InChI=1S/C15H30N2O2S/c1-5-19-11-16-14(6-7-20-4)15(18)17-9-12(2)8-13(3)10-17/h12-14,16H,5-11H2,1-4H3. The number of nitrogens with one attached hydrogen (secondary N) is 1. The number of carbonyl (C=O) groups excluding carboxylic acids is 1. The van der Waals surface area contributed by atoms with Gasteiger partial charge in [0.05, 0.1) is 12.8 Å². The minimum Gasteiger partial charge on any atom is -0.367 e. The molecule has 1 saturated heterocycles. The normalized spacial score (nSPS) is 24.7. The Morgan fingerprint density at radius 2 is 2.05 bits per heavy atom. The van der Waals surface area contributed by atoms with Crippen molar-refractivity contribution < 1.29 is 9.53 Å². The number of nitrogens with zero attached hydrogens (tertiary/aromatic N) is 1. The Labute approximate surface area is 128 Å². The highest BCUT2D eigenvalue weighted by Crippen LogP contribution is 2.22. The van der Waals surface area contributed by atoms with Crippen molar-refractivity contribution in [2.75, 3.05) is 38.4 Å². The van der Waals surface area contributed by atoms with E-state index in [0.29, 0.717) is 25.2 Å². The molecule has 4 nitrogen and oxygen atoms in total. The Kier molecular flexibility index (Phi) is 8.57. The zero-order valence-corrected chi connectivity index (χ0v) is 14.2. The zero-order chi connectivity index (χ0) is 15.0. The number of hydrogen-bond donors (Lipinski definition) is 1. The Morgan fingerprint density at radius 1 is 1.40 bits per heavy atom. The summed E-state index contributed by atoms with van der Waals surface area (Å²) in [6.45, 7) is 9.37. The third-order valence-electron chi connectivity index (χ3n) is 3.73. The third kappa shape index (κ3) is 6.02. The summed E-state index contributed by atoms with van der Waals surface area (Å²) in [6, 6.07) is -0.105. The molecule has 0 radical (unpaired) electrons. The summed E-state index contributed by atoms with van der Waals surface area (Å²) in [4.78, 5) is 14.7. The summed E-state index contributed by atoms with van der Waals surface area (Å²) < 4.78 is 5.34. The molecule has 1 aliphatic rings. The molecular formula is C15H30N2O2S. The lowest BCUT2D eigenvalue weighted by Gasteiger charge is -2.37. The van der Waals surface area contributed by atoms with E-state index >= 15 is 0 Å². The van der Waals surface area contributed by atoms with E-state index in [1.54, 1.807) is 11.8 Å². The maximum absolute atomic E-state index is 12.7. The summed E-state index contributed by atoms with van der Waals surface area (Å²) in [6.07, 6.45) is 4.17. The molecule has 0 aromatic heterocycles. The topological polar surface area (TPSA) is 41.6 Å². The van der Waals surface area contributed by atoms with Gasteiger partial charge in [-0.2, -0.15) is 11.8 Å². The van der Waals surface area contributed by atoms with Crippen molar-refractivity contribution in [3.63, 3.8) is 0 Å². The molecule has 0 aromatic carbocycles. The molecule has 0 spiro atoms. The van der Waals surface area contributed by atoms with E-state index in [0.717, 1.165) is 25.3 Å². The van der Waals surface area contributed by atoms with Gasteiger partial charge in [0.25, 0.3) is 0 Å². The van der Waals surface area contributed by atoms with Crippen molar-refractivity contribution in [1.82, 2.24) is 10.2 Å². The van der Waals surface area contributed by atoms with Crippen LogP contribution >= 0.6 is 11.8 Å². The van der Waals surface area contributed by atoms with E-state index in [-0.39, 0.29) is 11.9 Å². The van der Waals surface area contributed by atoms with Crippen LogP contribution in [0.1, 0.15) is 33.6 Å². The van der Waals surface area contributed by atoms with Gasteiger partial charge in [0.1, 0.15) is 0 Å². The highest BCUT2D eigenvalue weighted by atomic mass is 32.2. The fourth-order valence-corrected chi connectivity index (χ4v) is 3.34. The molecule has 1 aliphatic heterocycles. The second-order valence-electron chi connectivity index (χ2n) is 5.86. The van der Waals surface area contributed by atoms with Crippen molar-refractivity contribution in [3.8, 4) is 0 Å². The molecular weight excluding hydrogens is 272 g/mol. The first-order valence-electron chi connectivity index (χ1n) is 7.67. The molecule has 0 aliphatic carbocycles. The van der Waals surface area contributed by atoms with Crippen molar-refractivity contribution in [2.45, 2.75) is 39.7 Å². The summed E-state index contributed by atoms with van der Waals surface area (Å²) in [5, 5.41) is 3.26. The van der Waals surface area contributed by atoms with Crippen molar-refractivity contribution >= 4 is 17.7 Å². The van der Waals surface area contributed by atoms with Crippen LogP contribution in [-0.2, 0) is 9.53 Å².